The number of imidazole rings is 1. The molecule has 0 saturated heterocycles. The second-order valence-electron chi connectivity index (χ2n) is 5.38. The van der Waals surface area contributed by atoms with E-state index in [2.05, 4.69) is 20.3 Å². The van der Waals surface area contributed by atoms with Gasteiger partial charge in [-0.15, -0.1) is 0 Å². The number of rotatable bonds is 2. The van der Waals surface area contributed by atoms with Gasteiger partial charge < -0.3 is 21.1 Å². The van der Waals surface area contributed by atoms with Gasteiger partial charge in [-0.05, 0) is 23.6 Å². The quantitative estimate of drug-likeness (QED) is 0.258. The summed E-state index contributed by atoms with van der Waals surface area (Å²) in [5.41, 5.74) is 8.21. The monoisotopic (exact) mass is 317 g/mol. The summed E-state index contributed by atoms with van der Waals surface area (Å²) in [6.45, 7) is 0. The molecule has 0 aliphatic heterocycles. The van der Waals surface area contributed by atoms with Crippen LogP contribution in [-0.4, -0.2) is 21.0 Å². The average Bonchev–Trinajstić information content (AvgIpc) is 2.99. The van der Waals surface area contributed by atoms with Crippen molar-refractivity contribution < 1.29 is 5.11 Å². The van der Waals surface area contributed by atoms with Crippen LogP contribution in [0.2, 0.25) is 0 Å². The summed E-state index contributed by atoms with van der Waals surface area (Å²) in [7, 11) is 0. The lowest BCUT2D eigenvalue weighted by Gasteiger charge is -2.10. The van der Waals surface area contributed by atoms with Crippen molar-refractivity contribution in [3.05, 3.63) is 60.7 Å². The van der Waals surface area contributed by atoms with Crippen LogP contribution in [0.4, 0.5) is 11.6 Å². The first kappa shape index (κ1) is 14.1. The lowest BCUT2D eigenvalue weighted by molar-refractivity contribution is 0.478. The first-order valence-electron chi connectivity index (χ1n) is 7.47. The number of aromatic nitrogens is 2. The van der Waals surface area contributed by atoms with Gasteiger partial charge in [0, 0.05) is 5.39 Å². The number of nitrogens with one attached hydrogen (secondary N) is 2. The smallest absolute Gasteiger partial charge is 0.231 e. The lowest BCUT2D eigenvalue weighted by Crippen LogP contribution is -2.22. The number of fused-ring (bicyclic) bond motifs is 2. The minimum atomic E-state index is 0.108. The first-order chi connectivity index (χ1) is 11.7. The number of aromatic amines is 1. The lowest BCUT2D eigenvalue weighted by atomic mass is 10.1. The van der Waals surface area contributed by atoms with Crippen molar-refractivity contribution in [1.82, 2.24) is 9.97 Å². The number of para-hydroxylation sites is 2. The summed E-state index contributed by atoms with van der Waals surface area (Å²) < 4.78 is 0. The van der Waals surface area contributed by atoms with Gasteiger partial charge >= 0.3 is 0 Å². The van der Waals surface area contributed by atoms with Gasteiger partial charge in [0.15, 0.2) is 0 Å². The van der Waals surface area contributed by atoms with Gasteiger partial charge in [-0.25, -0.2) is 4.98 Å². The zero-order valence-electron chi connectivity index (χ0n) is 12.7. The molecule has 6 nitrogen and oxygen atoms in total. The molecule has 1 heterocycles. The van der Waals surface area contributed by atoms with Gasteiger partial charge in [-0.3, -0.25) is 0 Å². The minimum Gasteiger partial charge on any atom is -0.506 e. The predicted octanol–water partition coefficient (Wildman–Crippen LogP) is 3.48. The topological polar surface area (TPSA) is 99.3 Å². The van der Waals surface area contributed by atoms with E-state index in [9.17, 15) is 5.11 Å². The summed E-state index contributed by atoms with van der Waals surface area (Å²) >= 11 is 0. The Hall–Kier alpha value is -3.54. The molecule has 0 saturated carbocycles. The second-order valence-corrected chi connectivity index (χ2v) is 5.38. The number of phenols is 1. The minimum absolute atomic E-state index is 0.108. The molecule has 4 aromatic rings. The van der Waals surface area contributed by atoms with E-state index in [1.165, 1.54) is 0 Å². The molecule has 0 bridgehead atoms. The molecule has 0 radical (unpaired) electrons. The Bertz CT molecular complexity index is 1030. The van der Waals surface area contributed by atoms with Crippen LogP contribution in [0.15, 0.2) is 65.7 Å². The van der Waals surface area contributed by atoms with Crippen molar-refractivity contribution in [2.24, 2.45) is 10.7 Å². The van der Waals surface area contributed by atoms with Crippen molar-refractivity contribution in [1.29, 1.82) is 0 Å². The SMILES string of the molecule is N/C(=N\c1nc2ccccc2[nH]1)Nc1c(O)ccc2ccccc12. The number of benzene rings is 3. The van der Waals surface area contributed by atoms with Crippen LogP contribution in [0.1, 0.15) is 0 Å². The van der Waals surface area contributed by atoms with E-state index < -0.39 is 0 Å². The zero-order valence-corrected chi connectivity index (χ0v) is 12.7. The number of aromatic hydroxyl groups is 1. The Morgan fingerprint density at radius 2 is 1.83 bits per heavy atom. The zero-order chi connectivity index (χ0) is 16.5. The van der Waals surface area contributed by atoms with Gasteiger partial charge in [0.2, 0.25) is 11.9 Å². The van der Waals surface area contributed by atoms with Crippen molar-refractivity contribution >= 4 is 39.4 Å². The van der Waals surface area contributed by atoms with Gasteiger partial charge in [-0.1, -0.05) is 42.5 Å². The third-order valence-corrected chi connectivity index (χ3v) is 3.76. The molecule has 0 amide bonds. The Balaban J connectivity index is 1.71. The predicted molar refractivity (Wildman–Crippen MR) is 96.6 cm³/mol. The fourth-order valence-corrected chi connectivity index (χ4v) is 2.65. The number of nitrogens with two attached hydrogens (primary N) is 1. The van der Waals surface area contributed by atoms with Crippen LogP contribution in [-0.2, 0) is 0 Å². The standard InChI is InChI=1S/C18H15N5O/c19-17(23-18-20-13-7-3-4-8-14(13)21-18)22-16-12-6-2-1-5-11(12)9-10-15(16)24/h1-10,24H,(H4,19,20,21,22,23). The number of hydrogen-bond acceptors (Lipinski definition) is 3. The summed E-state index contributed by atoms with van der Waals surface area (Å²) in [4.78, 5) is 11.7. The van der Waals surface area contributed by atoms with E-state index in [1.807, 2.05) is 54.6 Å². The number of guanidine groups is 1. The van der Waals surface area contributed by atoms with Crippen LogP contribution < -0.4 is 11.1 Å². The van der Waals surface area contributed by atoms with Crippen LogP contribution in [0.3, 0.4) is 0 Å². The first-order valence-corrected chi connectivity index (χ1v) is 7.47. The van der Waals surface area contributed by atoms with E-state index in [-0.39, 0.29) is 11.7 Å². The molecule has 0 unspecified atom stereocenters. The van der Waals surface area contributed by atoms with Crippen molar-refractivity contribution in [3.63, 3.8) is 0 Å². The van der Waals surface area contributed by atoms with Crippen molar-refractivity contribution in [3.8, 4) is 5.75 Å². The molecule has 0 aliphatic rings. The Kier molecular flexibility index (Phi) is 3.28. The Morgan fingerprint density at radius 1 is 1.04 bits per heavy atom. The van der Waals surface area contributed by atoms with Crippen molar-refractivity contribution in [2.45, 2.75) is 0 Å². The maximum absolute atomic E-state index is 10.1. The van der Waals surface area contributed by atoms with Crippen molar-refractivity contribution in [2.75, 3.05) is 5.32 Å². The Labute approximate surface area is 137 Å². The van der Waals surface area contributed by atoms with Crippen LogP contribution in [0.25, 0.3) is 21.8 Å². The van der Waals surface area contributed by atoms with E-state index in [0.29, 0.717) is 11.6 Å². The van der Waals surface area contributed by atoms with Gasteiger partial charge in [0.05, 0.1) is 16.7 Å². The fourth-order valence-electron chi connectivity index (χ4n) is 2.65. The number of anilines is 1. The van der Waals surface area contributed by atoms with Gasteiger partial charge in [0.1, 0.15) is 5.75 Å². The van der Waals surface area contributed by atoms with Gasteiger partial charge in [-0.2, -0.15) is 4.99 Å². The van der Waals surface area contributed by atoms with E-state index in [4.69, 9.17) is 5.73 Å². The Morgan fingerprint density at radius 3 is 2.71 bits per heavy atom. The molecule has 4 rings (SSSR count). The highest BCUT2D eigenvalue weighted by molar-refractivity contribution is 6.05. The molecule has 0 spiro atoms. The number of phenolic OH excluding ortho intramolecular Hbond substituents is 1. The molecular formula is C18H15N5O. The number of aliphatic imine (C=N–C) groups is 1. The molecular weight excluding hydrogens is 302 g/mol. The van der Waals surface area contributed by atoms with E-state index >= 15 is 0 Å². The average molecular weight is 317 g/mol. The third-order valence-electron chi connectivity index (χ3n) is 3.76. The summed E-state index contributed by atoms with van der Waals surface area (Å²) in [5, 5.41) is 15.0. The van der Waals surface area contributed by atoms with Crippen LogP contribution in [0, 0.1) is 0 Å². The largest absolute Gasteiger partial charge is 0.506 e. The highest BCUT2D eigenvalue weighted by Crippen LogP contribution is 2.32. The van der Waals surface area contributed by atoms with Crippen LogP contribution in [0.5, 0.6) is 5.75 Å². The summed E-state index contributed by atoms with van der Waals surface area (Å²) in [5.74, 6) is 0.651. The molecule has 1 aromatic heterocycles. The normalized spacial score (nSPS) is 11.9. The fraction of sp³-hybridized carbons (Fsp3) is 0. The summed E-state index contributed by atoms with van der Waals surface area (Å²) in [6, 6.07) is 18.8. The third kappa shape index (κ3) is 2.50. The highest BCUT2D eigenvalue weighted by atomic mass is 16.3. The molecule has 24 heavy (non-hydrogen) atoms. The molecule has 3 aromatic carbocycles. The number of nitrogens with zero attached hydrogens (tertiary/aromatic N) is 2. The molecule has 6 heteroatoms. The maximum Gasteiger partial charge on any atom is 0.231 e. The van der Waals surface area contributed by atoms with E-state index in [1.54, 1.807) is 6.07 Å². The van der Waals surface area contributed by atoms with Crippen LogP contribution >= 0.6 is 0 Å². The number of H-pyrrole nitrogens is 1. The highest BCUT2D eigenvalue weighted by Gasteiger charge is 2.08. The summed E-state index contributed by atoms with van der Waals surface area (Å²) in [6.07, 6.45) is 0. The van der Waals surface area contributed by atoms with E-state index in [0.717, 1.165) is 21.8 Å². The molecule has 118 valence electrons. The molecule has 0 atom stereocenters. The maximum atomic E-state index is 10.1. The molecule has 0 fully saturated rings. The number of hydrogen-bond donors (Lipinski definition) is 4. The molecule has 5 N–H and O–H groups in total. The molecule has 0 aliphatic carbocycles. The second kappa shape index (κ2) is 5.58. The van der Waals surface area contributed by atoms with Gasteiger partial charge in [0.25, 0.3) is 0 Å².